The van der Waals surface area contributed by atoms with Crippen LogP contribution in [-0.4, -0.2) is 37.6 Å². The Bertz CT molecular complexity index is 1160. The SMILES string of the molecule is C=NCc1nn(C(C)OC(=O)CCC)nc1-c1cc(C)cc(-c2nccc(C(F)(F)F)n2)c1. The van der Waals surface area contributed by atoms with E-state index in [1.807, 2.05) is 13.0 Å². The summed E-state index contributed by atoms with van der Waals surface area (Å²) in [7, 11) is 0. The van der Waals surface area contributed by atoms with Crippen molar-refractivity contribution >= 4 is 12.7 Å². The number of esters is 1. The van der Waals surface area contributed by atoms with Gasteiger partial charge in [-0.2, -0.15) is 18.3 Å². The fraction of sp³-hybridized carbons (Fsp3) is 0.364. The maximum atomic E-state index is 13.1. The summed E-state index contributed by atoms with van der Waals surface area (Å²) in [6.45, 7) is 8.95. The molecule has 0 saturated carbocycles. The number of carbonyl (C=O) groups is 1. The predicted molar refractivity (Wildman–Crippen MR) is 115 cm³/mol. The Morgan fingerprint density at radius 2 is 1.97 bits per heavy atom. The van der Waals surface area contributed by atoms with Gasteiger partial charge >= 0.3 is 12.1 Å². The number of hydrogen-bond acceptors (Lipinski definition) is 7. The third kappa shape index (κ3) is 5.79. The van der Waals surface area contributed by atoms with Crippen LogP contribution < -0.4 is 0 Å². The van der Waals surface area contributed by atoms with E-state index >= 15 is 0 Å². The van der Waals surface area contributed by atoms with Gasteiger partial charge in [-0.15, -0.1) is 9.90 Å². The molecule has 0 saturated heterocycles. The molecule has 3 aromatic rings. The average molecular weight is 460 g/mol. The number of ether oxygens (including phenoxy) is 1. The van der Waals surface area contributed by atoms with Crippen LogP contribution in [0.25, 0.3) is 22.6 Å². The average Bonchev–Trinajstić information content (AvgIpc) is 3.17. The van der Waals surface area contributed by atoms with Gasteiger partial charge in [-0.1, -0.05) is 6.92 Å². The molecule has 11 heteroatoms. The van der Waals surface area contributed by atoms with Crippen LogP contribution >= 0.6 is 0 Å². The zero-order valence-electron chi connectivity index (χ0n) is 18.4. The predicted octanol–water partition coefficient (Wildman–Crippen LogP) is 4.79. The molecule has 0 radical (unpaired) electrons. The van der Waals surface area contributed by atoms with E-state index in [1.165, 1.54) is 4.80 Å². The third-order valence-corrected chi connectivity index (χ3v) is 4.60. The van der Waals surface area contributed by atoms with E-state index < -0.39 is 18.1 Å². The molecule has 174 valence electrons. The zero-order valence-corrected chi connectivity index (χ0v) is 18.4. The van der Waals surface area contributed by atoms with Crippen molar-refractivity contribution in [3.05, 3.63) is 47.4 Å². The zero-order chi connectivity index (χ0) is 24.2. The van der Waals surface area contributed by atoms with Crippen LogP contribution in [0, 0.1) is 6.92 Å². The van der Waals surface area contributed by atoms with Crippen molar-refractivity contribution in [3.63, 3.8) is 0 Å². The van der Waals surface area contributed by atoms with Crippen LogP contribution in [0.5, 0.6) is 0 Å². The molecule has 0 spiro atoms. The van der Waals surface area contributed by atoms with E-state index in [9.17, 15) is 18.0 Å². The lowest BCUT2D eigenvalue weighted by atomic mass is 10.0. The maximum absolute atomic E-state index is 13.1. The minimum atomic E-state index is -4.58. The lowest BCUT2D eigenvalue weighted by molar-refractivity contribution is -0.154. The Kier molecular flexibility index (Phi) is 7.19. The van der Waals surface area contributed by atoms with Gasteiger partial charge in [-0.05, 0) is 56.8 Å². The van der Waals surface area contributed by atoms with Gasteiger partial charge in [0.05, 0.1) is 6.54 Å². The molecule has 1 unspecified atom stereocenters. The van der Waals surface area contributed by atoms with Crippen LogP contribution in [-0.2, 0) is 22.3 Å². The Balaban J connectivity index is 2.03. The molecule has 0 aliphatic carbocycles. The molecule has 0 aliphatic heterocycles. The van der Waals surface area contributed by atoms with E-state index in [2.05, 4.69) is 31.9 Å². The number of benzene rings is 1. The molecule has 8 nitrogen and oxygen atoms in total. The summed E-state index contributed by atoms with van der Waals surface area (Å²) in [5, 5.41) is 8.85. The van der Waals surface area contributed by atoms with Gasteiger partial charge < -0.3 is 4.74 Å². The van der Waals surface area contributed by atoms with E-state index in [-0.39, 0.29) is 24.8 Å². The molecule has 2 heterocycles. The highest BCUT2D eigenvalue weighted by Gasteiger charge is 2.33. The van der Waals surface area contributed by atoms with E-state index in [0.29, 0.717) is 28.9 Å². The number of aliphatic imine (C=N–C) groups is 1. The Hall–Kier alpha value is -3.63. The van der Waals surface area contributed by atoms with Crippen molar-refractivity contribution in [1.29, 1.82) is 0 Å². The number of halogens is 3. The number of rotatable bonds is 8. The second kappa shape index (κ2) is 9.88. The van der Waals surface area contributed by atoms with Gasteiger partial charge in [0.25, 0.3) is 0 Å². The molecule has 0 fully saturated rings. The van der Waals surface area contributed by atoms with Gasteiger partial charge in [0.2, 0.25) is 6.23 Å². The van der Waals surface area contributed by atoms with E-state index in [4.69, 9.17) is 4.74 Å². The smallest absolute Gasteiger partial charge is 0.433 e. The molecule has 3 rings (SSSR count). The molecule has 0 bridgehead atoms. The first kappa shape index (κ1) is 24.0. The molecule has 0 aliphatic rings. The largest absolute Gasteiger partial charge is 0.438 e. The number of hydrogen-bond donors (Lipinski definition) is 0. The molecular formula is C22H23F3N6O2. The van der Waals surface area contributed by atoms with Crippen LogP contribution in [0.4, 0.5) is 13.2 Å². The lowest BCUT2D eigenvalue weighted by Gasteiger charge is -2.11. The number of nitrogens with zero attached hydrogens (tertiary/aromatic N) is 6. The standard InChI is InChI=1S/C22H23F3N6O2/c1-5-6-19(32)33-14(3)31-29-17(12-26-4)20(30-31)15-9-13(2)10-16(11-15)21-27-8-7-18(28-21)22(23,24)25/h7-11,14H,4-6,12H2,1-3H3. The molecule has 0 amide bonds. The van der Waals surface area contributed by atoms with Crippen molar-refractivity contribution < 1.29 is 22.7 Å². The monoisotopic (exact) mass is 460 g/mol. The number of aromatic nitrogens is 5. The summed E-state index contributed by atoms with van der Waals surface area (Å²) >= 11 is 0. The molecule has 33 heavy (non-hydrogen) atoms. The van der Waals surface area contributed by atoms with Crippen molar-refractivity contribution in [3.8, 4) is 22.6 Å². The van der Waals surface area contributed by atoms with Crippen molar-refractivity contribution in [2.24, 2.45) is 4.99 Å². The van der Waals surface area contributed by atoms with Crippen molar-refractivity contribution in [2.75, 3.05) is 0 Å². The topological polar surface area (TPSA) is 95.2 Å². The van der Waals surface area contributed by atoms with Gasteiger partial charge in [0, 0.05) is 23.7 Å². The fourth-order valence-electron chi connectivity index (χ4n) is 3.16. The minimum absolute atomic E-state index is 0.0626. The molecular weight excluding hydrogens is 437 g/mol. The van der Waals surface area contributed by atoms with Gasteiger partial charge in [0.15, 0.2) is 5.82 Å². The van der Waals surface area contributed by atoms with E-state index in [1.54, 1.807) is 26.0 Å². The summed E-state index contributed by atoms with van der Waals surface area (Å²) in [5.74, 6) is -0.431. The second-order valence-electron chi connectivity index (χ2n) is 7.39. The summed E-state index contributed by atoms with van der Waals surface area (Å²) in [4.78, 5) is 24.7. The van der Waals surface area contributed by atoms with Crippen molar-refractivity contribution in [1.82, 2.24) is 25.0 Å². The van der Waals surface area contributed by atoms with E-state index in [0.717, 1.165) is 17.8 Å². The van der Waals surface area contributed by atoms with Crippen LogP contribution in [0.3, 0.4) is 0 Å². The first-order chi connectivity index (χ1) is 15.6. The highest BCUT2D eigenvalue weighted by atomic mass is 19.4. The second-order valence-corrected chi connectivity index (χ2v) is 7.39. The molecule has 1 atom stereocenters. The third-order valence-electron chi connectivity index (χ3n) is 4.60. The minimum Gasteiger partial charge on any atom is -0.438 e. The number of alkyl halides is 3. The molecule has 1 aromatic carbocycles. The van der Waals surface area contributed by atoms with Crippen LogP contribution in [0.1, 0.15) is 49.9 Å². The fourth-order valence-corrected chi connectivity index (χ4v) is 3.16. The van der Waals surface area contributed by atoms with Gasteiger partial charge in [0.1, 0.15) is 17.1 Å². The summed E-state index contributed by atoms with van der Waals surface area (Å²) in [6.07, 6.45) is -3.34. The van der Waals surface area contributed by atoms with Gasteiger partial charge in [-0.3, -0.25) is 9.79 Å². The highest BCUT2D eigenvalue weighted by molar-refractivity contribution is 5.71. The first-order valence-electron chi connectivity index (χ1n) is 10.2. The number of aryl methyl sites for hydroxylation is 1. The lowest BCUT2D eigenvalue weighted by Crippen LogP contribution is -2.17. The maximum Gasteiger partial charge on any atom is 0.433 e. The summed E-state index contributed by atoms with van der Waals surface area (Å²) < 4.78 is 44.6. The Morgan fingerprint density at radius 1 is 1.24 bits per heavy atom. The summed E-state index contributed by atoms with van der Waals surface area (Å²) in [6, 6.07) is 5.95. The first-order valence-corrected chi connectivity index (χ1v) is 10.2. The Morgan fingerprint density at radius 3 is 2.64 bits per heavy atom. The highest BCUT2D eigenvalue weighted by Crippen LogP contribution is 2.31. The molecule has 2 aromatic heterocycles. The normalized spacial score (nSPS) is 12.4. The molecule has 0 N–H and O–H groups in total. The quantitative estimate of drug-likeness (QED) is 0.354. The van der Waals surface area contributed by atoms with Crippen LogP contribution in [0.15, 0.2) is 35.5 Å². The van der Waals surface area contributed by atoms with Crippen LogP contribution in [0.2, 0.25) is 0 Å². The number of carbonyl (C=O) groups excluding carboxylic acids is 1. The van der Waals surface area contributed by atoms with Gasteiger partial charge in [-0.25, -0.2) is 9.97 Å². The van der Waals surface area contributed by atoms with Crippen molar-refractivity contribution in [2.45, 2.75) is 52.6 Å². The summed E-state index contributed by atoms with van der Waals surface area (Å²) in [5.41, 5.74) is 1.63. The Labute approximate surface area is 188 Å².